The highest BCUT2D eigenvalue weighted by Gasteiger charge is 2.62. The summed E-state index contributed by atoms with van der Waals surface area (Å²) in [7, 11) is 0. The van der Waals surface area contributed by atoms with E-state index in [4.69, 9.17) is 10.8 Å². The molecule has 17 heavy (non-hydrogen) atoms. The molecule has 0 rings (SSSR count). The number of ether oxygens (including phenoxy) is 1. The van der Waals surface area contributed by atoms with Crippen molar-refractivity contribution in [3.63, 3.8) is 0 Å². The quantitative estimate of drug-likeness (QED) is 0.752. The van der Waals surface area contributed by atoms with Gasteiger partial charge in [-0.2, -0.15) is 13.2 Å². The van der Waals surface area contributed by atoms with Crippen molar-refractivity contribution in [1.29, 1.82) is 0 Å². The smallest absolute Gasteiger partial charge is 0.395 e. The first-order valence-electron chi connectivity index (χ1n) is 4.30. The molecular formula is C7H10F7NO2. The van der Waals surface area contributed by atoms with E-state index in [0.717, 1.165) is 0 Å². The van der Waals surface area contributed by atoms with Gasteiger partial charge in [-0.25, -0.2) is 9.13 Å². The molecule has 3 N–H and O–H groups in total. The molecule has 0 saturated heterocycles. The van der Waals surface area contributed by atoms with Crippen molar-refractivity contribution in [2.45, 2.75) is 37.3 Å². The third-order valence-corrected chi connectivity index (χ3v) is 1.77. The van der Waals surface area contributed by atoms with E-state index < -0.39 is 43.9 Å². The molecule has 10 heteroatoms. The molecule has 0 fully saturated rings. The van der Waals surface area contributed by atoms with Crippen molar-refractivity contribution < 1.29 is 40.6 Å². The number of rotatable bonds is 5. The van der Waals surface area contributed by atoms with E-state index in [1.54, 1.807) is 0 Å². The molecular weight excluding hydrogens is 263 g/mol. The van der Waals surface area contributed by atoms with Crippen molar-refractivity contribution in [2.75, 3.05) is 6.61 Å². The molecule has 0 heterocycles. The van der Waals surface area contributed by atoms with Crippen LogP contribution in [0.3, 0.4) is 0 Å². The average molecular weight is 273 g/mol. The van der Waals surface area contributed by atoms with Crippen molar-refractivity contribution >= 4 is 0 Å². The zero-order valence-electron chi connectivity index (χ0n) is 8.28. The zero-order valence-corrected chi connectivity index (χ0v) is 8.28. The predicted octanol–water partition coefficient (Wildman–Crippen LogP) is 1.85. The fraction of sp³-hybridized carbons (Fsp3) is 1.00. The first kappa shape index (κ1) is 16.4. The molecule has 0 aliphatic rings. The molecule has 0 aliphatic heterocycles. The number of aliphatic hydroxyl groups excluding tert-OH is 1. The van der Waals surface area contributed by atoms with Crippen molar-refractivity contribution in [3.05, 3.63) is 0 Å². The zero-order chi connectivity index (χ0) is 13.9. The molecule has 104 valence electrons. The summed E-state index contributed by atoms with van der Waals surface area (Å²) in [4.78, 5) is 0. The van der Waals surface area contributed by atoms with Gasteiger partial charge < -0.3 is 10.8 Å². The van der Waals surface area contributed by atoms with Gasteiger partial charge in [-0.3, -0.25) is 0 Å². The second-order valence-corrected chi connectivity index (χ2v) is 3.26. The summed E-state index contributed by atoms with van der Waals surface area (Å²) in [6.07, 6.45) is -14.1. The Balaban J connectivity index is 4.75. The van der Waals surface area contributed by atoms with E-state index >= 15 is 0 Å². The molecule has 0 aromatic carbocycles. The van der Waals surface area contributed by atoms with Crippen LogP contribution in [0.15, 0.2) is 0 Å². The van der Waals surface area contributed by atoms with E-state index in [1.807, 2.05) is 0 Å². The number of aliphatic hydroxyl groups is 1. The molecule has 0 saturated carbocycles. The lowest BCUT2D eigenvalue weighted by Crippen LogP contribution is -2.48. The van der Waals surface area contributed by atoms with Crippen molar-refractivity contribution in [2.24, 2.45) is 5.73 Å². The molecule has 0 aromatic rings. The first-order valence-corrected chi connectivity index (χ1v) is 4.30. The topological polar surface area (TPSA) is 55.5 Å². The fourth-order valence-corrected chi connectivity index (χ4v) is 0.896. The first-order chi connectivity index (χ1) is 7.41. The summed E-state index contributed by atoms with van der Waals surface area (Å²) in [6.45, 7) is -0.778. The van der Waals surface area contributed by atoms with Crippen LogP contribution in [0.25, 0.3) is 0 Å². The van der Waals surface area contributed by atoms with Gasteiger partial charge >= 0.3 is 18.4 Å². The summed E-state index contributed by atoms with van der Waals surface area (Å²) >= 11 is 0. The second-order valence-electron chi connectivity index (χ2n) is 3.26. The Labute approximate surface area is 91.3 Å². The van der Waals surface area contributed by atoms with Crippen molar-refractivity contribution in [1.82, 2.24) is 0 Å². The SMILES string of the molecule is NC(CO)CCC(F)(OC(F)(F)F)C(F)(F)F. The summed E-state index contributed by atoms with van der Waals surface area (Å²) in [6, 6.07) is -1.26. The highest BCUT2D eigenvalue weighted by molar-refractivity contribution is 4.80. The van der Waals surface area contributed by atoms with Gasteiger partial charge in [0.2, 0.25) is 0 Å². The Bertz CT molecular complexity index is 241. The van der Waals surface area contributed by atoms with Gasteiger partial charge in [-0.15, -0.1) is 13.2 Å². The van der Waals surface area contributed by atoms with E-state index in [2.05, 4.69) is 4.74 Å². The summed E-state index contributed by atoms with van der Waals surface area (Å²) in [5.41, 5.74) is 4.97. The normalized spacial score (nSPS) is 18.9. The van der Waals surface area contributed by atoms with Gasteiger partial charge in [0.1, 0.15) is 0 Å². The largest absolute Gasteiger partial charge is 0.525 e. The van der Waals surface area contributed by atoms with Crippen molar-refractivity contribution in [3.8, 4) is 0 Å². The molecule has 0 spiro atoms. The number of halogens is 7. The molecule has 3 nitrogen and oxygen atoms in total. The molecule has 0 aromatic heterocycles. The fourth-order valence-electron chi connectivity index (χ4n) is 0.896. The highest BCUT2D eigenvalue weighted by atomic mass is 19.4. The Morgan fingerprint density at radius 2 is 1.53 bits per heavy atom. The Morgan fingerprint density at radius 3 is 1.82 bits per heavy atom. The Morgan fingerprint density at radius 1 is 1.06 bits per heavy atom. The third kappa shape index (κ3) is 5.50. The second kappa shape index (κ2) is 5.36. The molecule has 0 amide bonds. The maximum absolute atomic E-state index is 13.1. The van der Waals surface area contributed by atoms with E-state index in [0.29, 0.717) is 0 Å². The van der Waals surface area contributed by atoms with Crippen LogP contribution in [0.5, 0.6) is 0 Å². The van der Waals surface area contributed by atoms with Crippen LogP contribution in [0.1, 0.15) is 12.8 Å². The summed E-state index contributed by atoms with van der Waals surface area (Å²) in [5.74, 6) is -4.86. The standard InChI is InChI=1S/C7H10F7NO2/c8-5(6(9,10)11,17-7(12,13)14)2-1-4(15)3-16/h4,16H,1-3,15H2. The summed E-state index contributed by atoms with van der Waals surface area (Å²) < 4.78 is 86.7. The van der Waals surface area contributed by atoms with Crippen LogP contribution in [0, 0.1) is 0 Å². The molecule has 0 radical (unpaired) electrons. The number of alkyl halides is 7. The molecule has 0 bridgehead atoms. The monoisotopic (exact) mass is 273 g/mol. The number of hydrogen-bond donors (Lipinski definition) is 2. The van der Waals surface area contributed by atoms with Crippen LogP contribution in [-0.4, -0.2) is 36.1 Å². The third-order valence-electron chi connectivity index (χ3n) is 1.77. The highest BCUT2D eigenvalue weighted by Crippen LogP contribution is 2.42. The Hall–Kier alpha value is -0.610. The van der Waals surface area contributed by atoms with Gasteiger partial charge in [-0.05, 0) is 6.42 Å². The van der Waals surface area contributed by atoms with Gasteiger partial charge in [0.05, 0.1) is 6.61 Å². The van der Waals surface area contributed by atoms with E-state index in [-0.39, 0.29) is 0 Å². The van der Waals surface area contributed by atoms with E-state index in [9.17, 15) is 30.7 Å². The minimum atomic E-state index is -5.85. The molecule has 2 atom stereocenters. The minimum Gasteiger partial charge on any atom is -0.395 e. The Kier molecular flexibility index (Phi) is 5.16. The number of hydrogen-bond acceptors (Lipinski definition) is 3. The average Bonchev–Trinajstić information content (AvgIpc) is 2.09. The predicted molar refractivity (Wildman–Crippen MR) is 41.3 cm³/mol. The van der Waals surface area contributed by atoms with Crippen LogP contribution in [-0.2, 0) is 4.74 Å². The van der Waals surface area contributed by atoms with Crippen LogP contribution in [0.2, 0.25) is 0 Å². The van der Waals surface area contributed by atoms with E-state index in [1.165, 1.54) is 0 Å². The van der Waals surface area contributed by atoms with Gasteiger partial charge in [0.25, 0.3) is 0 Å². The molecule has 0 aliphatic carbocycles. The number of nitrogens with two attached hydrogens (primary N) is 1. The van der Waals surface area contributed by atoms with Gasteiger partial charge in [-0.1, -0.05) is 0 Å². The lowest BCUT2D eigenvalue weighted by Gasteiger charge is -2.29. The maximum atomic E-state index is 13.1. The maximum Gasteiger partial charge on any atom is 0.525 e. The van der Waals surface area contributed by atoms with Crippen LogP contribution < -0.4 is 5.73 Å². The minimum absolute atomic E-state index is 0.778. The van der Waals surface area contributed by atoms with Gasteiger partial charge in [0, 0.05) is 12.5 Å². The lowest BCUT2D eigenvalue weighted by molar-refractivity contribution is -0.449. The molecule has 2 unspecified atom stereocenters. The summed E-state index contributed by atoms with van der Waals surface area (Å²) in [5, 5.41) is 8.38. The van der Waals surface area contributed by atoms with Crippen LogP contribution in [0.4, 0.5) is 30.7 Å². The van der Waals surface area contributed by atoms with Crippen LogP contribution >= 0.6 is 0 Å². The van der Waals surface area contributed by atoms with Gasteiger partial charge in [0.15, 0.2) is 0 Å². The lowest BCUT2D eigenvalue weighted by atomic mass is 10.1.